The van der Waals surface area contributed by atoms with Crippen molar-refractivity contribution in [3.8, 4) is 23.0 Å². The monoisotopic (exact) mass is 477 g/mol. The first-order valence-corrected chi connectivity index (χ1v) is 10.8. The smallest absolute Gasteiger partial charge is 0.453 e. The second kappa shape index (κ2) is 8.84. The molecular formula is C24H22F3NO6. The van der Waals surface area contributed by atoms with Gasteiger partial charge in [-0.2, -0.15) is 13.2 Å². The minimum Gasteiger partial charge on any atom is -0.497 e. The number of methoxy groups -OCH3 is 1. The fourth-order valence-electron chi connectivity index (χ4n) is 4.23. The molecule has 1 atom stereocenters. The van der Waals surface area contributed by atoms with Gasteiger partial charge in [-0.1, -0.05) is 0 Å². The molecule has 1 saturated heterocycles. The van der Waals surface area contributed by atoms with E-state index >= 15 is 0 Å². The summed E-state index contributed by atoms with van der Waals surface area (Å²) in [5, 5.41) is -0.0159. The normalized spacial score (nSPS) is 18.5. The predicted molar refractivity (Wildman–Crippen MR) is 115 cm³/mol. The van der Waals surface area contributed by atoms with Gasteiger partial charge in [0, 0.05) is 19.7 Å². The Morgan fingerprint density at radius 2 is 1.88 bits per heavy atom. The Labute approximate surface area is 192 Å². The molecule has 1 aromatic heterocycles. The van der Waals surface area contributed by atoms with E-state index in [-0.39, 0.29) is 36.1 Å². The lowest BCUT2D eigenvalue weighted by Gasteiger charge is -2.30. The van der Waals surface area contributed by atoms with Gasteiger partial charge >= 0.3 is 6.18 Å². The SMILES string of the molecule is COc1ccc(Oc2c(C(F)(F)F)oc3c4c(ccc3c2=O)OCN(CC2CCCO2)C4)cc1. The summed E-state index contributed by atoms with van der Waals surface area (Å²) in [6.07, 6.45) is -3.02. The van der Waals surface area contributed by atoms with Crippen molar-refractivity contribution in [2.75, 3.05) is 27.0 Å². The lowest BCUT2D eigenvalue weighted by atomic mass is 10.1. The van der Waals surface area contributed by atoms with E-state index in [0.29, 0.717) is 30.2 Å². The highest BCUT2D eigenvalue weighted by molar-refractivity contribution is 5.83. The van der Waals surface area contributed by atoms with Crippen LogP contribution in [0.15, 0.2) is 45.6 Å². The first-order chi connectivity index (χ1) is 16.3. The van der Waals surface area contributed by atoms with Gasteiger partial charge < -0.3 is 23.4 Å². The molecule has 2 aromatic carbocycles. The molecule has 0 bridgehead atoms. The summed E-state index contributed by atoms with van der Waals surface area (Å²) in [6, 6.07) is 8.82. The van der Waals surface area contributed by atoms with E-state index in [1.165, 1.54) is 37.4 Å². The van der Waals surface area contributed by atoms with E-state index in [0.717, 1.165) is 12.8 Å². The second-order valence-electron chi connectivity index (χ2n) is 8.20. The van der Waals surface area contributed by atoms with Gasteiger partial charge in [-0.25, -0.2) is 0 Å². The molecule has 180 valence electrons. The number of fused-ring (bicyclic) bond motifs is 3. The molecule has 7 nitrogen and oxygen atoms in total. The molecule has 0 aliphatic carbocycles. The van der Waals surface area contributed by atoms with Crippen LogP contribution in [0.25, 0.3) is 11.0 Å². The number of rotatable bonds is 5. The maximum absolute atomic E-state index is 14.0. The van der Waals surface area contributed by atoms with Crippen molar-refractivity contribution >= 4 is 11.0 Å². The molecule has 2 aliphatic heterocycles. The summed E-state index contributed by atoms with van der Waals surface area (Å²) in [6.45, 7) is 1.81. The number of alkyl halides is 3. The Bertz CT molecular complexity index is 1250. The molecule has 1 fully saturated rings. The van der Waals surface area contributed by atoms with E-state index in [1.807, 2.05) is 4.90 Å². The zero-order valence-electron chi connectivity index (χ0n) is 18.3. The van der Waals surface area contributed by atoms with E-state index in [1.54, 1.807) is 6.07 Å². The maximum atomic E-state index is 14.0. The Balaban J connectivity index is 1.56. The Kier molecular flexibility index (Phi) is 5.86. The molecule has 0 saturated carbocycles. The molecule has 0 radical (unpaired) electrons. The number of nitrogens with zero attached hydrogens (tertiary/aromatic N) is 1. The van der Waals surface area contributed by atoms with Crippen LogP contribution in [0.2, 0.25) is 0 Å². The van der Waals surface area contributed by atoms with Crippen molar-refractivity contribution in [3.63, 3.8) is 0 Å². The van der Waals surface area contributed by atoms with Crippen LogP contribution in [0.5, 0.6) is 23.0 Å². The molecule has 1 unspecified atom stereocenters. The number of ether oxygens (including phenoxy) is 4. The third-order valence-electron chi connectivity index (χ3n) is 5.89. The average Bonchev–Trinajstić information content (AvgIpc) is 3.33. The standard InChI is InChI=1S/C24H22F3NO6/c1-30-14-4-6-15(7-5-14)33-22-20(29)17-8-9-19-18(21(17)34-23(22)24(25,26)27)12-28(13-32-19)11-16-3-2-10-31-16/h4-9,16H,2-3,10-13H2,1H3. The molecular weight excluding hydrogens is 455 g/mol. The molecule has 34 heavy (non-hydrogen) atoms. The Hall–Kier alpha value is -3.24. The van der Waals surface area contributed by atoms with Crippen molar-refractivity contribution < 1.29 is 36.5 Å². The average molecular weight is 477 g/mol. The highest BCUT2D eigenvalue weighted by atomic mass is 19.4. The van der Waals surface area contributed by atoms with E-state index in [2.05, 4.69) is 0 Å². The highest BCUT2D eigenvalue weighted by Crippen LogP contribution is 2.41. The van der Waals surface area contributed by atoms with E-state index < -0.39 is 23.1 Å². The van der Waals surface area contributed by atoms with E-state index in [4.69, 9.17) is 23.4 Å². The third-order valence-corrected chi connectivity index (χ3v) is 5.89. The first-order valence-electron chi connectivity index (χ1n) is 10.8. The summed E-state index contributed by atoms with van der Waals surface area (Å²) < 4.78 is 69.1. The third kappa shape index (κ3) is 4.30. The van der Waals surface area contributed by atoms with Crippen LogP contribution in [-0.4, -0.2) is 38.0 Å². The highest BCUT2D eigenvalue weighted by Gasteiger charge is 2.41. The van der Waals surface area contributed by atoms with Crippen molar-refractivity contribution in [2.45, 2.75) is 31.7 Å². The van der Waals surface area contributed by atoms with Gasteiger partial charge in [0.25, 0.3) is 5.76 Å². The number of hydrogen-bond donors (Lipinski definition) is 0. The first kappa shape index (κ1) is 22.5. The van der Waals surface area contributed by atoms with E-state index in [9.17, 15) is 18.0 Å². The van der Waals surface area contributed by atoms with Crippen molar-refractivity contribution in [1.82, 2.24) is 4.90 Å². The zero-order valence-corrected chi connectivity index (χ0v) is 18.3. The summed E-state index contributed by atoms with van der Waals surface area (Å²) in [5.74, 6) is -1.49. The van der Waals surface area contributed by atoms with Crippen molar-refractivity contribution in [2.24, 2.45) is 0 Å². The quantitative estimate of drug-likeness (QED) is 0.515. The fraction of sp³-hybridized carbons (Fsp3) is 0.375. The minimum absolute atomic E-state index is 0.0159. The lowest BCUT2D eigenvalue weighted by Crippen LogP contribution is -2.37. The molecule has 2 aliphatic rings. The molecule has 0 spiro atoms. The van der Waals surface area contributed by atoms with Gasteiger partial charge in [0.05, 0.1) is 24.2 Å². The largest absolute Gasteiger partial charge is 0.497 e. The summed E-state index contributed by atoms with van der Waals surface area (Å²) in [5.41, 5.74) is -0.683. The topological polar surface area (TPSA) is 70.4 Å². The van der Waals surface area contributed by atoms with Gasteiger partial charge in [0.2, 0.25) is 11.2 Å². The summed E-state index contributed by atoms with van der Waals surface area (Å²) in [4.78, 5) is 15.1. The van der Waals surface area contributed by atoms with Crippen LogP contribution >= 0.6 is 0 Å². The Morgan fingerprint density at radius 1 is 1.12 bits per heavy atom. The lowest BCUT2D eigenvalue weighted by molar-refractivity contribution is -0.154. The van der Waals surface area contributed by atoms with Crippen LogP contribution in [0.1, 0.15) is 24.2 Å². The van der Waals surface area contributed by atoms with Crippen LogP contribution in [0.4, 0.5) is 13.2 Å². The van der Waals surface area contributed by atoms with Crippen LogP contribution < -0.4 is 19.6 Å². The molecule has 0 amide bonds. The molecule has 5 rings (SSSR count). The van der Waals surface area contributed by atoms with Crippen LogP contribution in [-0.2, 0) is 17.5 Å². The predicted octanol–water partition coefficient (Wildman–Crippen LogP) is 4.94. The van der Waals surface area contributed by atoms with Crippen LogP contribution in [0, 0.1) is 0 Å². The molecule has 3 aromatic rings. The fourth-order valence-corrected chi connectivity index (χ4v) is 4.23. The van der Waals surface area contributed by atoms with Gasteiger partial charge in [0.1, 0.15) is 29.6 Å². The summed E-state index contributed by atoms with van der Waals surface area (Å²) in [7, 11) is 1.46. The zero-order chi connectivity index (χ0) is 23.9. The molecule has 0 N–H and O–H groups in total. The van der Waals surface area contributed by atoms with Gasteiger partial charge in [-0.3, -0.25) is 9.69 Å². The minimum atomic E-state index is -4.95. The van der Waals surface area contributed by atoms with Crippen LogP contribution in [0.3, 0.4) is 0 Å². The number of hydrogen-bond acceptors (Lipinski definition) is 7. The molecule has 3 heterocycles. The number of benzene rings is 2. The summed E-state index contributed by atoms with van der Waals surface area (Å²) >= 11 is 0. The van der Waals surface area contributed by atoms with Gasteiger partial charge in [-0.05, 0) is 49.2 Å². The maximum Gasteiger partial charge on any atom is 0.453 e. The second-order valence-corrected chi connectivity index (χ2v) is 8.20. The Morgan fingerprint density at radius 3 is 2.56 bits per heavy atom. The van der Waals surface area contributed by atoms with Crippen molar-refractivity contribution in [1.29, 1.82) is 0 Å². The molecule has 10 heteroatoms. The van der Waals surface area contributed by atoms with Gasteiger partial charge in [-0.15, -0.1) is 0 Å². The van der Waals surface area contributed by atoms with Gasteiger partial charge in [0.15, 0.2) is 0 Å². The van der Waals surface area contributed by atoms with Crippen molar-refractivity contribution in [3.05, 3.63) is 57.9 Å². The number of halogens is 3.